The molecule has 7 heteroatoms. The Hall–Kier alpha value is -1.05. The Morgan fingerprint density at radius 2 is 1.95 bits per heavy atom. The van der Waals surface area contributed by atoms with Crippen molar-refractivity contribution in [1.82, 2.24) is 9.80 Å². The number of rotatable bonds is 7. The molecule has 1 saturated heterocycles. The van der Waals surface area contributed by atoms with Crippen LogP contribution in [-0.2, 0) is 15.6 Å². The minimum atomic E-state index is -0.767. The summed E-state index contributed by atoms with van der Waals surface area (Å²) in [6, 6.07) is 3.65. The molecule has 0 unspecified atom stereocenters. The van der Waals surface area contributed by atoms with E-state index in [1.54, 1.807) is 12.3 Å². The third-order valence-electron chi connectivity index (χ3n) is 3.78. The van der Waals surface area contributed by atoms with Crippen LogP contribution >= 0.6 is 11.3 Å². The van der Waals surface area contributed by atoms with E-state index in [0.717, 1.165) is 24.5 Å². The third-order valence-corrected chi connectivity index (χ3v) is 5.45. The highest BCUT2D eigenvalue weighted by Crippen LogP contribution is 2.13. The number of hydrogen-bond acceptors (Lipinski definition) is 5. The van der Waals surface area contributed by atoms with Crippen LogP contribution in [0.4, 0.5) is 0 Å². The van der Waals surface area contributed by atoms with Crippen LogP contribution in [0.2, 0.25) is 0 Å². The van der Waals surface area contributed by atoms with E-state index in [4.69, 9.17) is 0 Å². The molecule has 1 aromatic rings. The van der Waals surface area contributed by atoms with Crippen molar-refractivity contribution in [1.29, 1.82) is 0 Å². The van der Waals surface area contributed by atoms with Crippen LogP contribution in [0.5, 0.6) is 0 Å². The van der Waals surface area contributed by atoms with E-state index in [-0.39, 0.29) is 24.5 Å². The zero-order valence-corrected chi connectivity index (χ0v) is 14.5. The Labute approximate surface area is 137 Å². The zero-order valence-electron chi connectivity index (χ0n) is 12.8. The van der Waals surface area contributed by atoms with Gasteiger partial charge in [-0.25, -0.2) is 0 Å². The van der Waals surface area contributed by atoms with Gasteiger partial charge in [-0.05, 0) is 11.4 Å². The normalized spacial score (nSPS) is 17.4. The number of amides is 1. The standard InChI is InChI=1S/C15H22N2O3S2/c1-22(20)12-10-16-6-8-17(9-7-16)15(19)5-4-13(18)14-3-2-11-21-14/h2-3,11H,4-10,12H2,1H3/t22-/m1/s1. The van der Waals surface area contributed by atoms with Gasteiger partial charge in [0, 0.05) is 68.4 Å². The fourth-order valence-electron chi connectivity index (χ4n) is 2.42. The van der Waals surface area contributed by atoms with Gasteiger partial charge >= 0.3 is 0 Å². The van der Waals surface area contributed by atoms with E-state index < -0.39 is 10.8 Å². The number of carbonyl (C=O) groups is 2. The van der Waals surface area contributed by atoms with Crippen molar-refractivity contribution in [3.8, 4) is 0 Å². The van der Waals surface area contributed by atoms with E-state index in [1.165, 1.54) is 11.3 Å². The molecule has 5 nitrogen and oxygen atoms in total. The van der Waals surface area contributed by atoms with Crippen molar-refractivity contribution in [2.75, 3.05) is 44.7 Å². The van der Waals surface area contributed by atoms with E-state index in [1.807, 2.05) is 16.3 Å². The van der Waals surface area contributed by atoms with Gasteiger partial charge in [0.15, 0.2) is 5.78 Å². The highest BCUT2D eigenvalue weighted by atomic mass is 32.2. The SMILES string of the molecule is C[S@@](=O)CCN1CCN(C(=O)CCC(=O)c2cccs2)CC1. The first kappa shape index (κ1) is 17.3. The van der Waals surface area contributed by atoms with Crippen molar-refractivity contribution < 1.29 is 13.8 Å². The summed E-state index contributed by atoms with van der Waals surface area (Å²) in [7, 11) is -0.767. The molecule has 122 valence electrons. The molecule has 22 heavy (non-hydrogen) atoms. The molecule has 1 aromatic heterocycles. The molecule has 0 bridgehead atoms. The molecule has 1 aliphatic rings. The number of nitrogens with zero attached hydrogens (tertiary/aromatic N) is 2. The maximum Gasteiger partial charge on any atom is 0.223 e. The topological polar surface area (TPSA) is 57.7 Å². The average molecular weight is 342 g/mol. The Morgan fingerprint density at radius 3 is 2.55 bits per heavy atom. The molecule has 1 atom stereocenters. The molecule has 1 aliphatic heterocycles. The minimum Gasteiger partial charge on any atom is -0.340 e. The molecule has 1 fully saturated rings. The van der Waals surface area contributed by atoms with E-state index in [0.29, 0.717) is 18.8 Å². The second-order valence-corrected chi connectivity index (χ2v) is 7.90. The molecule has 0 spiro atoms. The van der Waals surface area contributed by atoms with Gasteiger partial charge in [-0.3, -0.25) is 18.7 Å². The van der Waals surface area contributed by atoms with E-state index in [2.05, 4.69) is 4.90 Å². The quantitative estimate of drug-likeness (QED) is 0.700. The van der Waals surface area contributed by atoms with Crippen LogP contribution in [0.25, 0.3) is 0 Å². The summed E-state index contributed by atoms with van der Waals surface area (Å²) in [6.45, 7) is 3.86. The lowest BCUT2D eigenvalue weighted by atomic mass is 10.1. The van der Waals surface area contributed by atoms with Gasteiger partial charge in [-0.1, -0.05) is 6.07 Å². The third kappa shape index (κ3) is 5.30. The fraction of sp³-hybridized carbons (Fsp3) is 0.600. The molecule has 0 aliphatic carbocycles. The van der Waals surface area contributed by atoms with Crippen LogP contribution in [0.15, 0.2) is 17.5 Å². The highest BCUT2D eigenvalue weighted by Gasteiger charge is 2.21. The lowest BCUT2D eigenvalue weighted by Crippen LogP contribution is -2.49. The fourth-order valence-corrected chi connectivity index (χ4v) is 3.63. The van der Waals surface area contributed by atoms with Crippen molar-refractivity contribution in [2.45, 2.75) is 12.8 Å². The molecule has 1 amide bonds. The van der Waals surface area contributed by atoms with Crippen LogP contribution in [0, 0.1) is 0 Å². The minimum absolute atomic E-state index is 0.0485. The van der Waals surface area contributed by atoms with Crippen molar-refractivity contribution >= 4 is 33.8 Å². The molecule has 0 N–H and O–H groups in total. The summed E-state index contributed by atoms with van der Waals surface area (Å²) in [4.78, 5) is 28.9. The average Bonchev–Trinajstić information content (AvgIpc) is 3.05. The number of ketones is 1. The number of hydrogen-bond donors (Lipinski definition) is 0. The predicted octanol–water partition coefficient (Wildman–Crippen LogP) is 1.23. The molecule has 0 radical (unpaired) electrons. The summed E-state index contributed by atoms with van der Waals surface area (Å²) in [5.41, 5.74) is 0. The van der Waals surface area contributed by atoms with Crippen LogP contribution in [0.3, 0.4) is 0 Å². The van der Waals surface area contributed by atoms with Gasteiger partial charge in [0.25, 0.3) is 0 Å². The lowest BCUT2D eigenvalue weighted by Gasteiger charge is -2.34. The Morgan fingerprint density at radius 1 is 1.23 bits per heavy atom. The van der Waals surface area contributed by atoms with Crippen molar-refractivity contribution in [3.63, 3.8) is 0 Å². The Kier molecular flexibility index (Phi) is 6.72. The van der Waals surface area contributed by atoms with Crippen molar-refractivity contribution in [3.05, 3.63) is 22.4 Å². The lowest BCUT2D eigenvalue weighted by molar-refractivity contribution is -0.132. The predicted molar refractivity (Wildman–Crippen MR) is 89.8 cm³/mol. The van der Waals surface area contributed by atoms with Crippen LogP contribution in [-0.4, -0.2) is 70.4 Å². The summed E-state index contributed by atoms with van der Waals surface area (Å²) >= 11 is 1.42. The first-order valence-corrected chi connectivity index (χ1v) is 10.0. The second kappa shape index (κ2) is 8.55. The highest BCUT2D eigenvalue weighted by molar-refractivity contribution is 7.84. The first-order valence-electron chi connectivity index (χ1n) is 7.43. The molecule has 0 saturated carbocycles. The summed E-state index contributed by atoms with van der Waals surface area (Å²) in [5, 5.41) is 1.87. The number of Topliss-reactive ketones (excluding diaryl/α,β-unsaturated/α-hetero) is 1. The summed E-state index contributed by atoms with van der Waals surface area (Å²) in [5.74, 6) is 0.791. The molecule has 2 heterocycles. The van der Waals surface area contributed by atoms with Gasteiger partial charge < -0.3 is 4.90 Å². The van der Waals surface area contributed by atoms with Gasteiger partial charge in [-0.15, -0.1) is 11.3 Å². The second-order valence-electron chi connectivity index (χ2n) is 5.40. The number of thiophene rings is 1. The zero-order chi connectivity index (χ0) is 15.9. The molecule has 0 aromatic carbocycles. The van der Waals surface area contributed by atoms with Crippen molar-refractivity contribution in [2.24, 2.45) is 0 Å². The largest absolute Gasteiger partial charge is 0.340 e. The van der Waals surface area contributed by atoms with E-state index >= 15 is 0 Å². The van der Waals surface area contributed by atoms with Gasteiger partial charge in [0.05, 0.1) is 4.88 Å². The van der Waals surface area contributed by atoms with Gasteiger partial charge in [-0.2, -0.15) is 0 Å². The summed E-state index contributed by atoms with van der Waals surface area (Å²) in [6.07, 6.45) is 2.29. The maximum absolute atomic E-state index is 12.2. The molecular formula is C15H22N2O3S2. The number of piperazine rings is 1. The maximum atomic E-state index is 12.2. The monoisotopic (exact) mass is 342 g/mol. The summed E-state index contributed by atoms with van der Waals surface area (Å²) < 4.78 is 11.1. The van der Waals surface area contributed by atoms with Gasteiger partial charge in [0.1, 0.15) is 0 Å². The molecular weight excluding hydrogens is 320 g/mol. The number of carbonyl (C=O) groups excluding carboxylic acids is 2. The van der Waals surface area contributed by atoms with Gasteiger partial charge in [0.2, 0.25) is 5.91 Å². The smallest absolute Gasteiger partial charge is 0.223 e. The first-order chi connectivity index (χ1) is 10.6. The molecule has 2 rings (SSSR count). The Balaban J connectivity index is 1.69. The van der Waals surface area contributed by atoms with Crippen LogP contribution in [0.1, 0.15) is 22.5 Å². The van der Waals surface area contributed by atoms with Crippen LogP contribution < -0.4 is 0 Å². The Bertz CT molecular complexity index is 523. The van der Waals surface area contributed by atoms with E-state index in [9.17, 15) is 13.8 Å².